The van der Waals surface area contributed by atoms with Gasteiger partial charge >= 0.3 is 5.97 Å². The van der Waals surface area contributed by atoms with Crippen molar-refractivity contribution in [3.05, 3.63) is 29.8 Å². The van der Waals surface area contributed by atoms with Crippen LogP contribution in [0.2, 0.25) is 0 Å². The maximum Gasteiger partial charge on any atom is 0.303 e. The van der Waals surface area contributed by atoms with Crippen LogP contribution in [0, 0.1) is 6.92 Å². The number of carboxylic acids is 1. The summed E-state index contributed by atoms with van der Waals surface area (Å²) in [5.41, 5.74) is 1.78. The summed E-state index contributed by atoms with van der Waals surface area (Å²) in [6.45, 7) is 1.92. The zero-order valence-electron chi connectivity index (χ0n) is 13.6. The molecule has 2 saturated heterocycles. The fraction of sp³-hybridized carbons (Fsp3) is 0.438. The molecule has 0 bridgehead atoms. The Labute approximate surface area is 150 Å². The first-order chi connectivity index (χ1) is 11.8. The van der Waals surface area contributed by atoms with Crippen LogP contribution in [0.5, 0.6) is 0 Å². The molecule has 2 aliphatic heterocycles. The second-order valence-corrected chi connectivity index (χ2v) is 9.50. The van der Waals surface area contributed by atoms with Crippen LogP contribution in [-0.2, 0) is 19.4 Å². The lowest BCUT2D eigenvalue weighted by molar-refractivity contribution is -0.138. The van der Waals surface area contributed by atoms with Crippen LogP contribution in [0.4, 0.5) is 5.69 Å². The molecule has 2 fully saturated rings. The third-order valence-corrected chi connectivity index (χ3v) is 7.42. The Morgan fingerprint density at radius 3 is 2.68 bits per heavy atom. The first-order valence-electron chi connectivity index (χ1n) is 7.82. The second kappa shape index (κ2) is 6.80. The number of aliphatic imine (C=N–C) groups is 1. The fourth-order valence-electron chi connectivity index (χ4n) is 3.06. The number of hydrogen-bond acceptors (Lipinski definition) is 5. The molecule has 25 heavy (non-hydrogen) atoms. The molecular formula is C16H18N2O5S2. The Hall–Kier alpha value is -1.87. The van der Waals surface area contributed by atoms with Crippen molar-refractivity contribution < 1.29 is 23.1 Å². The molecule has 1 N–H and O–H groups in total. The third-order valence-electron chi connectivity index (χ3n) is 4.21. The fourth-order valence-corrected chi connectivity index (χ4v) is 6.98. The Balaban J connectivity index is 1.94. The Morgan fingerprint density at radius 2 is 2.00 bits per heavy atom. The van der Waals surface area contributed by atoms with E-state index in [0.717, 1.165) is 11.3 Å². The van der Waals surface area contributed by atoms with Crippen molar-refractivity contribution in [3.8, 4) is 0 Å². The van der Waals surface area contributed by atoms with Crippen LogP contribution in [0.1, 0.15) is 18.4 Å². The van der Waals surface area contributed by atoms with Gasteiger partial charge in [0.2, 0.25) is 5.91 Å². The van der Waals surface area contributed by atoms with Crippen LogP contribution < -0.4 is 4.90 Å². The van der Waals surface area contributed by atoms with Crippen LogP contribution in [0.15, 0.2) is 29.3 Å². The predicted octanol–water partition coefficient (Wildman–Crippen LogP) is 1.46. The van der Waals surface area contributed by atoms with E-state index in [1.807, 2.05) is 36.1 Å². The molecule has 0 saturated carbocycles. The number of thioether (sulfide) groups is 1. The summed E-state index contributed by atoms with van der Waals surface area (Å²) >= 11 is 1.29. The highest BCUT2D eigenvalue weighted by molar-refractivity contribution is 8.16. The Morgan fingerprint density at radius 1 is 1.28 bits per heavy atom. The van der Waals surface area contributed by atoms with Gasteiger partial charge in [0.1, 0.15) is 0 Å². The number of hydrogen-bond donors (Lipinski definition) is 1. The lowest BCUT2D eigenvalue weighted by Gasteiger charge is -2.26. The molecule has 2 heterocycles. The number of carbonyl (C=O) groups is 2. The highest BCUT2D eigenvalue weighted by Gasteiger charge is 2.49. The summed E-state index contributed by atoms with van der Waals surface area (Å²) in [4.78, 5) is 28.5. The molecule has 0 aromatic heterocycles. The molecule has 0 unspecified atom stereocenters. The zero-order valence-corrected chi connectivity index (χ0v) is 15.2. The van der Waals surface area contributed by atoms with E-state index in [0.29, 0.717) is 5.17 Å². The standard InChI is InChI=1S/C16H18N2O5S2/c1-10-4-2-3-5-11(10)18-12-8-25(22,23)9-13(12)24-16(18)17-14(19)6-7-15(20)21/h2-5,12-13H,6-9H2,1H3,(H,20,21)/t12-,13+/m0/s1. The number of amidine groups is 1. The third kappa shape index (κ3) is 3.87. The molecule has 1 aromatic carbocycles. The van der Waals surface area contributed by atoms with Gasteiger partial charge in [-0.25, -0.2) is 8.42 Å². The van der Waals surface area contributed by atoms with Gasteiger partial charge in [-0.3, -0.25) is 9.59 Å². The van der Waals surface area contributed by atoms with Gasteiger partial charge in [-0.1, -0.05) is 30.0 Å². The summed E-state index contributed by atoms with van der Waals surface area (Å²) < 4.78 is 24.0. The Bertz CT molecular complexity index is 850. The van der Waals surface area contributed by atoms with E-state index in [-0.39, 0.29) is 35.6 Å². The number of aliphatic carboxylic acids is 1. The van der Waals surface area contributed by atoms with Crippen molar-refractivity contribution in [1.82, 2.24) is 0 Å². The normalized spacial score (nSPS) is 26.0. The highest BCUT2D eigenvalue weighted by Crippen LogP contribution is 2.41. The molecule has 0 aliphatic carbocycles. The number of fused-ring (bicyclic) bond motifs is 1. The number of benzene rings is 1. The largest absolute Gasteiger partial charge is 0.481 e. The van der Waals surface area contributed by atoms with Gasteiger partial charge < -0.3 is 10.0 Å². The van der Waals surface area contributed by atoms with E-state index in [2.05, 4.69) is 4.99 Å². The number of carbonyl (C=O) groups excluding carboxylic acids is 1. The topological polar surface area (TPSA) is 104 Å². The summed E-state index contributed by atoms with van der Waals surface area (Å²) in [6, 6.07) is 7.27. The summed E-state index contributed by atoms with van der Waals surface area (Å²) in [5.74, 6) is -1.47. The lowest BCUT2D eigenvalue weighted by atomic mass is 10.1. The average Bonchev–Trinajstić information content (AvgIpc) is 2.97. The molecule has 3 rings (SSSR count). The predicted molar refractivity (Wildman–Crippen MR) is 96.8 cm³/mol. The van der Waals surface area contributed by atoms with E-state index in [4.69, 9.17) is 5.11 Å². The van der Waals surface area contributed by atoms with Crippen molar-refractivity contribution in [3.63, 3.8) is 0 Å². The van der Waals surface area contributed by atoms with Crippen LogP contribution >= 0.6 is 11.8 Å². The molecule has 0 radical (unpaired) electrons. The molecule has 1 amide bonds. The maximum atomic E-state index is 12.0. The smallest absolute Gasteiger partial charge is 0.303 e. The van der Waals surface area contributed by atoms with Crippen LogP contribution in [0.3, 0.4) is 0 Å². The number of aryl methyl sites for hydroxylation is 1. The van der Waals surface area contributed by atoms with Crippen molar-refractivity contribution in [2.75, 3.05) is 16.4 Å². The number of nitrogens with zero attached hydrogens (tertiary/aromatic N) is 2. The average molecular weight is 382 g/mol. The number of anilines is 1. The molecular weight excluding hydrogens is 364 g/mol. The molecule has 1 aromatic rings. The number of para-hydroxylation sites is 1. The number of carboxylic acid groups (broad SMARTS) is 1. The van der Waals surface area contributed by atoms with E-state index in [1.54, 1.807) is 0 Å². The number of sulfone groups is 1. The highest BCUT2D eigenvalue weighted by atomic mass is 32.2. The van der Waals surface area contributed by atoms with E-state index < -0.39 is 21.7 Å². The van der Waals surface area contributed by atoms with Crippen molar-refractivity contribution in [1.29, 1.82) is 0 Å². The minimum Gasteiger partial charge on any atom is -0.481 e. The summed E-state index contributed by atoms with van der Waals surface area (Å²) in [6.07, 6.45) is -0.444. The maximum absolute atomic E-state index is 12.0. The van der Waals surface area contributed by atoms with Gasteiger partial charge in [-0.15, -0.1) is 0 Å². The van der Waals surface area contributed by atoms with E-state index in [1.165, 1.54) is 11.8 Å². The SMILES string of the molecule is Cc1ccccc1N1C(=NC(=O)CCC(=O)O)S[C@@H]2CS(=O)(=O)C[C@@H]21. The molecule has 0 spiro atoms. The zero-order chi connectivity index (χ0) is 18.2. The minimum absolute atomic E-state index is 0.0291. The van der Waals surface area contributed by atoms with Crippen LogP contribution in [0.25, 0.3) is 0 Å². The summed E-state index contributed by atoms with van der Waals surface area (Å²) in [5, 5.41) is 8.98. The van der Waals surface area contributed by atoms with Gasteiger partial charge in [0.15, 0.2) is 15.0 Å². The first kappa shape index (κ1) is 17.9. The second-order valence-electron chi connectivity index (χ2n) is 6.14. The van der Waals surface area contributed by atoms with Gasteiger partial charge in [0, 0.05) is 17.4 Å². The van der Waals surface area contributed by atoms with Crippen molar-refractivity contribution >= 4 is 44.3 Å². The van der Waals surface area contributed by atoms with Gasteiger partial charge in [0.25, 0.3) is 0 Å². The first-order valence-corrected chi connectivity index (χ1v) is 10.5. The van der Waals surface area contributed by atoms with Gasteiger partial charge in [-0.2, -0.15) is 4.99 Å². The molecule has 9 heteroatoms. The van der Waals surface area contributed by atoms with Crippen LogP contribution in [-0.4, -0.2) is 53.4 Å². The summed E-state index contributed by atoms with van der Waals surface area (Å²) in [7, 11) is -3.11. The van der Waals surface area contributed by atoms with Gasteiger partial charge in [-0.05, 0) is 18.6 Å². The molecule has 134 valence electrons. The minimum atomic E-state index is -3.11. The number of amides is 1. The molecule has 7 nitrogen and oxygen atoms in total. The monoisotopic (exact) mass is 382 g/mol. The molecule has 2 atom stereocenters. The lowest BCUT2D eigenvalue weighted by Crippen LogP contribution is -2.38. The van der Waals surface area contributed by atoms with Crippen molar-refractivity contribution in [2.45, 2.75) is 31.1 Å². The van der Waals surface area contributed by atoms with E-state index >= 15 is 0 Å². The van der Waals surface area contributed by atoms with Crippen molar-refractivity contribution in [2.24, 2.45) is 4.99 Å². The van der Waals surface area contributed by atoms with E-state index in [9.17, 15) is 18.0 Å². The number of rotatable bonds is 4. The quantitative estimate of drug-likeness (QED) is 0.840. The Kier molecular flexibility index (Phi) is 4.88. The van der Waals surface area contributed by atoms with Gasteiger partial charge in [0.05, 0.1) is 24.0 Å². The molecule has 2 aliphatic rings.